The topological polar surface area (TPSA) is 174 Å². The molecule has 2 unspecified atom stereocenters. The van der Waals surface area contributed by atoms with Crippen LogP contribution in [-0.4, -0.2) is 69.1 Å². The summed E-state index contributed by atoms with van der Waals surface area (Å²) in [7, 11) is 1.42. The molecule has 3 N–H and O–H groups in total. The van der Waals surface area contributed by atoms with Gasteiger partial charge >= 0.3 is 34.6 Å². The zero-order valence-electron chi connectivity index (χ0n) is 26.3. The number of nitrogens with one attached hydrogen (secondary N) is 2. The molecule has 4 bridgehead atoms. The van der Waals surface area contributed by atoms with Crippen LogP contribution in [0.2, 0.25) is 0 Å². The van der Waals surface area contributed by atoms with Gasteiger partial charge in [0.1, 0.15) is 11.2 Å². The fourth-order valence-corrected chi connectivity index (χ4v) is 6.65. The third-order valence-corrected chi connectivity index (χ3v) is 9.03. The van der Waals surface area contributed by atoms with Crippen molar-refractivity contribution >= 4 is 57.8 Å². The maximum absolute atomic E-state index is 11.7. The van der Waals surface area contributed by atoms with E-state index < -0.39 is 33.7 Å². The number of carbonyl (C=O) groups is 6. The van der Waals surface area contributed by atoms with Crippen LogP contribution in [-0.2, 0) is 33.4 Å². The summed E-state index contributed by atoms with van der Waals surface area (Å²) in [5, 5.41) is 12.5. The summed E-state index contributed by atoms with van der Waals surface area (Å²) in [6, 6.07) is 0. The molecule has 0 aromatic rings. The Kier molecular flexibility index (Phi) is 10.6. The number of carboxylic acids is 1. The fourth-order valence-electron chi connectivity index (χ4n) is 6.65. The first-order valence-electron chi connectivity index (χ1n) is 14.1. The van der Waals surface area contributed by atoms with Gasteiger partial charge in [-0.2, -0.15) is 0 Å². The van der Waals surface area contributed by atoms with E-state index in [-0.39, 0.29) is 45.8 Å². The Morgan fingerprint density at radius 3 is 1.21 bits per heavy atom. The molecule has 2 atom stereocenters. The second-order valence-corrected chi connectivity index (χ2v) is 15.1. The fraction of sp³-hybridized carbons (Fsp3) is 0.793. The summed E-state index contributed by atoms with van der Waals surface area (Å²) in [6.07, 6.45) is 4.03. The standard InChI is InChI=1S/C14H23NO4.C13H21NO4.C2Cl2O2/c1-9(10(16)18-5)13-6-14(7-13,8-13)15-11(17)19-12(2,3)4;1-8(9(15)16)12-5-13(6-12,7-12)14-10(17)18-11(2,3)4;3-1(5)2(4)6/h9H,6-8H2,1-5H3,(H,15,17);8H,5-7H2,1-4H3,(H,14,17)(H,15,16);. The number of halogens is 2. The monoisotopic (exact) mass is 650 g/mol. The van der Waals surface area contributed by atoms with E-state index in [9.17, 15) is 28.8 Å². The highest BCUT2D eigenvalue weighted by Crippen LogP contribution is 2.71. The van der Waals surface area contributed by atoms with Crippen molar-refractivity contribution in [1.29, 1.82) is 0 Å². The third-order valence-electron chi connectivity index (χ3n) is 8.59. The van der Waals surface area contributed by atoms with E-state index >= 15 is 0 Å². The summed E-state index contributed by atoms with van der Waals surface area (Å²) in [4.78, 5) is 64.8. The molecule has 0 spiro atoms. The van der Waals surface area contributed by atoms with E-state index in [1.807, 2.05) is 48.5 Å². The van der Waals surface area contributed by atoms with Crippen molar-refractivity contribution in [2.24, 2.45) is 22.7 Å². The van der Waals surface area contributed by atoms with Crippen LogP contribution in [0.4, 0.5) is 9.59 Å². The number of amides is 2. The quantitative estimate of drug-likeness (QED) is 0.148. The molecule has 0 aromatic carbocycles. The minimum absolute atomic E-state index is 0.0299. The molecule has 12 nitrogen and oxygen atoms in total. The highest BCUT2D eigenvalue weighted by molar-refractivity contribution is 6.97. The van der Waals surface area contributed by atoms with Gasteiger partial charge in [-0.05, 0) is 114 Å². The third kappa shape index (κ3) is 8.74. The van der Waals surface area contributed by atoms with Crippen molar-refractivity contribution in [3.8, 4) is 0 Å². The molecule has 2 amide bonds. The average Bonchev–Trinajstić information content (AvgIpc) is 2.73. The molecule has 43 heavy (non-hydrogen) atoms. The first-order valence-corrected chi connectivity index (χ1v) is 14.8. The summed E-state index contributed by atoms with van der Waals surface area (Å²) in [5.74, 6) is -1.34. The molecule has 6 aliphatic rings. The molecule has 14 heteroatoms. The van der Waals surface area contributed by atoms with E-state index in [1.165, 1.54) is 7.11 Å². The Labute approximate surface area is 262 Å². The first-order chi connectivity index (χ1) is 19.3. The van der Waals surface area contributed by atoms with Gasteiger partial charge in [-0.25, -0.2) is 9.59 Å². The summed E-state index contributed by atoms with van der Waals surface area (Å²) < 4.78 is 15.3. The van der Waals surface area contributed by atoms with Crippen LogP contribution >= 0.6 is 23.2 Å². The molecule has 6 aliphatic carbocycles. The predicted octanol–water partition coefficient (Wildman–Crippen LogP) is 4.91. The number of hydrogen-bond donors (Lipinski definition) is 3. The van der Waals surface area contributed by atoms with Crippen LogP contribution in [0.1, 0.15) is 93.9 Å². The Morgan fingerprint density at radius 2 is 0.977 bits per heavy atom. The van der Waals surface area contributed by atoms with E-state index in [0.717, 1.165) is 38.5 Å². The van der Waals surface area contributed by atoms with Crippen LogP contribution in [0.25, 0.3) is 0 Å². The number of carbonyl (C=O) groups excluding carboxylic acids is 5. The second-order valence-electron chi connectivity index (χ2n) is 14.5. The molecule has 6 fully saturated rings. The normalized spacial score (nSPS) is 30.5. The lowest BCUT2D eigenvalue weighted by Gasteiger charge is -2.72. The van der Waals surface area contributed by atoms with Gasteiger partial charge in [0.25, 0.3) is 0 Å². The van der Waals surface area contributed by atoms with E-state index in [1.54, 1.807) is 6.92 Å². The number of esters is 1. The zero-order valence-corrected chi connectivity index (χ0v) is 27.8. The largest absolute Gasteiger partial charge is 0.481 e. The van der Waals surface area contributed by atoms with Crippen LogP contribution in [0.3, 0.4) is 0 Å². The maximum Gasteiger partial charge on any atom is 0.408 e. The van der Waals surface area contributed by atoms with E-state index in [4.69, 9.17) is 19.3 Å². The Balaban J connectivity index is 0.000000254. The Bertz CT molecular complexity index is 1110. The van der Waals surface area contributed by atoms with Gasteiger partial charge in [-0.15, -0.1) is 0 Å². The maximum atomic E-state index is 11.7. The number of methoxy groups -OCH3 is 1. The van der Waals surface area contributed by atoms with Gasteiger partial charge in [0, 0.05) is 11.1 Å². The Morgan fingerprint density at radius 1 is 0.674 bits per heavy atom. The predicted molar refractivity (Wildman–Crippen MR) is 156 cm³/mol. The van der Waals surface area contributed by atoms with E-state index in [2.05, 4.69) is 33.8 Å². The van der Waals surface area contributed by atoms with Gasteiger partial charge in [0.15, 0.2) is 0 Å². The SMILES string of the molecule is CC(C(=O)O)C12CC(NC(=O)OC(C)(C)C)(C1)C2.COC(=O)C(C)C12CC(NC(=O)OC(C)(C)C)(C1)C2.O=C(Cl)C(=O)Cl. The van der Waals surface area contributed by atoms with Gasteiger partial charge in [-0.1, -0.05) is 13.8 Å². The van der Waals surface area contributed by atoms with E-state index in [0.29, 0.717) is 0 Å². The molecule has 0 aromatic heterocycles. The minimum atomic E-state index is -1.14. The van der Waals surface area contributed by atoms with Crippen molar-refractivity contribution in [3.63, 3.8) is 0 Å². The number of hydrogen-bond acceptors (Lipinski definition) is 9. The smallest absolute Gasteiger partial charge is 0.408 e. The molecule has 0 radical (unpaired) electrons. The molecular weight excluding hydrogens is 607 g/mol. The number of ether oxygens (including phenoxy) is 3. The van der Waals surface area contributed by atoms with Gasteiger partial charge in [0.05, 0.1) is 18.9 Å². The Hall–Kier alpha value is -2.60. The molecule has 244 valence electrons. The molecular formula is C29H44Cl2N2O10. The van der Waals surface area contributed by atoms with Gasteiger partial charge < -0.3 is 30.0 Å². The van der Waals surface area contributed by atoms with Gasteiger partial charge in [0.2, 0.25) is 0 Å². The van der Waals surface area contributed by atoms with Crippen molar-refractivity contribution in [3.05, 3.63) is 0 Å². The van der Waals surface area contributed by atoms with Crippen LogP contribution in [0, 0.1) is 22.7 Å². The van der Waals surface area contributed by atoms with Crippen molar-refractivity contribution in [1.82, 2.24) is 10.6 Å². The molecule has 6 saturated carbocycles. The molecule has 0 heterocycles. The molecule has 0 aliphatic heterocycles. The lowest BCUT2D eigenvalue weighted by atomic mass is 9.36. The molecule has 0 saturated heterocycles. The lowest BCUT2D eigenvalue weighted by Crippen LogP contribution is -2.77. The number of alkyl carbamates (subject to hydrolysis) is 2. The van der Waals surface area contributed by atoms with Gasteiger partial charge in [-0.3, -0.25) is 19.2 Å². The summed E-state index contributed by atoms with van der Waals surface area (Å²) in [6.45, 7) is 14.6. The number of carboxylic acid groups (broad SMARTS) is 1. The highest BCUT2D eigenvalue weighted by atomic mass is 35.5. The van der Waals surface area contributed by atoms with Crippen molar-refractivity contribution < 1.29 is 48.1 Å². The number of aliphatic carboxylic acids is 1. The van der Waals surface area contributed by atoms with Crippen LogP contribution < -0.4 is 10.6 Å². The lowest BCUT2D eigenvalue weighted by molar-refractivity contribution is -0.199. The van der Waals surface area contributed by atoms with Crippen molar-refractivity contribution in [2.75, 3.05) is 7.11 Å². The van der Waals surface area contributed by atoms with Crippen molar-refractivity contribution in [2.45, 2.75) is 116 Å². The molecule has 6 rings (SSSR count). The minimum Gasteiger partial charge on any atom is -0.481 e. The summed E-state index contributed by atoms with van der Waals surface area (Å²) in [5.41, 5.74) is -1.40. The van der Waals surface area contributed by atoms with Crippen LogP contribution in [0.15, 0.2) is 0 Å². The highest BCUT2D eigenvalue weighted by Gasteiger charge is 2.72. The zero-order chi connectivity index (χ0) is 33.4. The second kappa shape index (κ2) is 12.4. The number of rotatable bonds is 7. The summed E-state index contributed by atoms with van der Waals surface area (Å²) >= 11 is 8.98. The van der Waals surface area contributed by atoms with Crippen LogP contribution in [0.5, 0.6) is 0 Å². The average molecular weight is 652 g/mol. The first kappa shape index (κ1) is 36.6.